The van der Waals surface area contributed by atoms with Crippen molar-refractivity contribution in [2.75, 3.05) is 25.6 Å². The van der Waals surface area contributed by atoms with Crippen molar-refractivity contribution in [2.45, 2.75) is 12.6 Å². The number of hydrogen-bond donors (Lipinski definition) is 3. The summed E-state index contributed by atoms with van der Waals surface area (Å²) in [6, 6.07) is 2.26. The van der Waals surface area contributed by atoms with Gasteiger partial charge in [0, 0.05) is 31.5 Å². The van der Waals surface area contributed by atoms with Gasteiger partial charge < -0.3 is 20.5 Å². The third-order valence-corrected chi connectivity index (χ3v) is 3.19. The number of carbonyl (C=O) groups excluding carboxylic acids is 1. The van der Waals surface area contributed by atoms with E-state index in [1.807, 2.05) is 0 Å². The zero-order valence-electron chi connectivity index (χ0n) is 13.0. The molecule has 0 aliphatic heterocycles. The van der Waals surface area contributed by atoms with Crippen LogP contribution in [-0.4, -0.2) is 41.2 Å². The molecule has 0 radical (unpaired) electrons. The Morgan fingerprint density at radius 2 is 2.25 bits per heavy atom. The smallest absolute Gasteiger partial charge is 0.319 e. The van der Waals surface area contributed by atoms with E-state index in [0.29, 0.717) is 24.9 Å². The maximum atomic E-state index is 13.5. The number of halogens is 2. The normalized spacial score (nSPS) is 12.0. The average molecular weight is 340 g/mol. The van der Waals surface area contributed by atoms with Crippen LogP contribution in [0.2, 0.25) is 0 Å². The van der Waals surface area contributed by atoms with Crippen LogP contribution in [0.25, 0.3) is 0 Å². The number of methoxy groups -OCH3 is 1. The molecule has 3 N–H and O–H groups in total. The van der Waals surface area contributed by atoms with Crippen LogP contribution in [-0.2, 0) is 11.3 Å². The SMILES string of the molecule is COCCn1cc(NC(=O)NCC(O)c2ccc(F)cc2F)cn1. The molecule has 24 heavy (non-hydrogen) atoms. The van der Waals surface area contributed by atoms with Gasteiger partial charge in [-0.2, -0.15) is 5.10 Å². The number of aliphatic hydroxyl groups excluding tert-OH is 1. The van der Waals surface area contributed by atoms with E-state index in [0.717, 1.165) is 12.1 Å². The molecule has 1 aromatic heterocycles. The van der Waals surface area contributed by atoms with Crippen molar-refractivity contribution >= 4 is 11.7 Å². The van der Waals surface area contributed by atoms with E-state index < -0.39 is 23.8 Å². The average Bonchev–Trinajstić information content (AvgIpc) is 2.98. The molecule has 7 nitrogen and oxygen atoms in total. The highest BCUT2D eigenvalue weighted by atomic mass is 19.1. The molecule has 0 saturated heterocycles. The van der Waals surface area contributed by atoms with Gasteiger partial charge in [0.05, 0.1) is 31.1 Å². The summed E-state index contributed by atoms with van der Waals surface area (Å²) in [5.74, 6) is -1.61. The first-order valence-corrected chi connectivity index (χ1v) is 7.19. The number of aromatic nitrogens is 2. The summed E-state index contributed by atoms with van der Waals surface area (Å²) in [4.78, 5) is 11.8. The molecule has 2 rings (SSSR count). The summed E-state index contributed by atoms with van der Waals surface area (Å²) in [6.45, 7) is 0.803. The molecule has 1 atom stereocenters. The molecule has 1 aromatic carbocycles. The highest BCUT2D eigenvalue weighted by molar-refractivity contribution is 5.88. The first-order valence-electron chi connectivity index (χ1n) is 7.19. The number of nitrogens with zero attached hydrogens (tertiary/aromatic N) is 2. The maximum absolute atomic E-state index is 13.5. The van der Waals surface area contributed by atoms with E-state index in [9.17, 15) is 18.7 Å². The fourth-order valence-corrected chi connectivity index (χ4v) is 1.98. The van der Waals surface area contributed by atoms with E-state index in [-0.39, 0.29) is 12.1 Å². The maximum Gasteiger partial charge on any atom is 0.319 e. The molecule has 2 aromatic rings. The molecule has 0 aliphatic carbocycles. The fourth-order valence-electron chi connectivity index (χ4n) is 1.98. The Hall–Kier alpha value is -2.52. The Bertz CT molecular complexity index is 693. The molecule has 0 spiro atoms. The minimum Gasteiger partial charge on any atom is -0.386 e. The van der Waals surface area contributed by atoms with E-state index >= 15 is 0 Å². The summed E-state index contributed by atoms with van der Waals surface area (Å²) < 4.78 is 32.9. The highest BCUT2D eigenvalue weighted by Gasteiger charge is 2.14. The summed E-state index contributed by atoms with van der Waals surface area (Å²) in [5, 5.41) is 18.8. The Labute approximate surface area is 137 Å². The largest absolute Gasteiger partial charge is 0.386 e. The molecule has 9 heteroatoms. The van der Waals surface area contributed by atoms with Crippen LogP contribution < -0.4 is 10.6 Å². The van der Waals surface area contributed by atoms with Gasteiger partial charge in [-0.15, -0.1) is 0 Å². The van der Waals surface area contributed by atoms with Crippen LogP contribution in [0.1, 0.15) is 11.7 Å². The van der Waals surface area contributed by atoms with Crippen molar-refractivity contribution in [3.05, 3.63) is 47.8 Å². The number of nitrogens with one attached hydrogen (secondary N) is 2. The Kier molecular flexibility index (Phi) is 6.21. The molecule has 130 valence electrons. The van der Waals surface area contributed by atoms with Gasteiger partial charge in [0.25, 0.3) is 0 Å². The number of benzene rings is 1. The van der Waals surface area contributed by atoms with Crippen molar-refractivity contribution in [1.29, 1.82) is 0 Å². The number of ether oxygens (including phenoxy) is 1. The zero-order chi connectivity index (χ0) is 17.5. The molecular formula is C15H18F2N4O3. The van der Waals surface area contributed by atoms with Gasteiger partial charge in [-0.25, -0.2) is 13.6 Å². The van der Waals surface area contributed by atoms with Gasteiger partial charge >= 0.3 is 6.03 Å². The predicted octanol–water partition coefficient (Wildman–Crippen LogP) is 1.66. The molecule has 0 aliphatic rings. The van der Waals surface area contributed by atoms with Crippen molar-refractivity contribution < 1.29 is 23.4 Å². The Morgan fingerprint density at radius 3 is 2.96 bits per heavy atom. The first-order chi connectivity index (χ1) is 11.5. The molecule has 0 bridgehead atoms. The standard InChI is InChI=1S/C15H18F2N4O3/c1-24-5-4-21-9-11(7-19-21)20-15(23)18-8-14(22)12-3-2-10(16)6-13(12)17/h2-3,6-7,9,14,22H,4-5,8H2,1H3,(H2,18,20,23). The monoisotopic (exact) mass is 340 g/mol. The summed E-state index contributed by atoms with van der Waals surface area (Å²) in [5.41, 5.74) is 0.371. The van der Waals surface area contributed by atoms with E-state index in [2.05, 4.69) is 15.7 Å². The second-order valence-electron chi connectivity index (χ2n) is 5.00. The number of rotatable bonds is 7. The molecular weight excluding hydrogens is 322 g/mol. The van der Waals surface area contributed by atoms with Crippen LogP contribution in [0.4, 0.5) is 19.3 Å². The van der Waals surface area contributed by atoms with Gasteiger partial charge in [0.15, 0.2) is 0 Å². The fraction of sp³-hybridized carbons (Fsp3) is 0.333. The summed E-state index contributed by atoms with van der Waals surface area (Å²) in [7, 11) is 1.57. The van der Waals surface area contributed by atoms with Gasteiger partial charge in [0.2, 0.25) is 0 Å². The third-order valence-electron chi connectivity index (χ3n) is 3.19. The Balaban J connectivity index is 1.83. The predicted molar refractivity (Wildman–Crippen MR) is 82.4 cm³/mol. The topological polar surface area (TPSA) is 88.4 Å². The van der Waals surface area contributed by atoms with Gasteiger partial charge in [0.1, 0.15) is 11.6 Å². The number of carbonyl (C=O) groups is 1. The quantitative estimate of drug-likeness (QED) is 0.715. The molecule has 2 amide bonds. The molecule has 1 heterocycles. The highest BCUT2D eigenvalue weighted by Crippen LogP contribution is 2.17. The number of aliphatic hydroxyl groups is 1. The van der Waals surface area contributed by atoms with Crippen LogP contribution in [0, 0.1) is 11.6 Å². The number of hydrogen-bond acceptors (Lipinski definition) is 4. The van der Waals surface area contributed by atoms with Crippen molar-refractivity contribution in [2.24, 2.45) is 0 Å². The van der Waals surface area contributed by atoms with Crippen molar-refractivity contribution in [1.82, 2.24) is 15.1 Å². The van der Waals surface area contributed by atoms with Gasteiger partial charge in [-0.3, -0.25) is 4.68 Å². The molecule has 0 fully saturated rings. The minimum atomic E-state index is -1.29. The van der Waals surface area contributed by atoms with E-state index in [1.165, 1.54) is 6.20 Å². The molecule has 1 unspecified atom stereocenters. The lowest BCUT2D eigenvalue weighted by Gasteiger charge is -2.13. The number of anilines is 1. The lowest BCUT2D eigenvalue weighted by atomic mass is 10.1. The lowest BCUT2D eigenvalue weighted by Crippen LogP contribution is -2.32. The van der Waals surface area contributed by atoms with Crippen LogP contribution >= 0.6 is 0 Å². The van der Waals surface area contributed by atoms with E-state index in [4.69, 9.17) is 4.74 Å². The van der Waals surface area contributed by atoms with Crippen molar-refractivity contribution in [3.63, 3.8) is 0 Å². The Morgan fingerprint density at radius 1 is 1.46 bits per heavy atom. The first kappa shape index (κ1) is 17.8. The van der Waals surface area contributed by atoms with Crippen LogP contribution in [0.15, 0.2) is 30.6 Å². The van der Waals surface area contributed by atoms with E-state index in [1.54, 1.807) is 18.0 Å². The second-order valence-corrected chi connectivity index (χ2v) is 5.00. The van der Waals surface area contributed by atoms with Crippen LogP contribution in [0.3, 0.4) is 0 Å². The second kappa shape index (κ2) is 8.37. The number of urea groups is 1. The minimum absolute atomic E-state index is 0.0934. The van der Waals surface area contributed by atoms with Gasteiger partial charge in [-0.1, -0.05) is 6.07 Å². The summed E-state index contributed by atoms with van der Waals surface area (Å²) >= 11 is 0. The third kappa shape index (κ3) is 5.00. The number of amides is 2. The lowest BCUT2D eigenvalue weighted by molar-refractivity contribution is 0.170. The summed E-state index contributed by atoms with van der Waals surface area (Å²) in [6.07, 6.45) is 1.79. The molecule has 0 saturated carbocycles. The van der Waals surface area contributed by atoms with Crippen molar-refractivity contribution in [3.8, 4) is 0 Å². The zero-order valence-corrected chi connectivity index (χ0v) is 13.0. The van der Waals surface area contributed by atoms with Crippen LogP contribution in [0.5, 0.6) is 0 Å². The van der Waals surface area contributed by atoms with Gasteiger partial charge in [-0.05, 0) is 6.07 Å².